The Bertz CT molecular complexity index is 723. The van der Waals surface area contributed by atoms with Gasteiger partial charge in [-0.15, -0.1) is 0 Å². The minimum absolute atomic E-state index is 0.000959. The lowest BCUT2D eigenvalue weighted by Gasteiger charge is -2.19. The molecule has 1 saturated carbocycles. The topological polar surface area (TPSA) is 56.5 Å². The zero-order valence-corrected chi connectivity index (χ0v) is 12.1. The first kappa shape index (κ1) is 13.9. The van der Waals surface area contributed by atoms with Crippen molar-refractivity contribution in [2.24, 2.45) is 5.92 Å². The number of carbonyl (C=O) groups excluding carboxylic acids is 1. The van der Waals surface area contributed by atoms with E-state index >= 15 is 0 Å². The van der Waals surface area contributed by atoms with Gasteiger partial charge in [0.1, 0.15) is 11.3 Å². The van der Waals surface area contributed by atoms with Gasteiger partial charge in [0.25, 0.3) is 0 Å². The molecule has 3 rings (SSSR count). The lowest BCUT2D eigenvalue weighted by atomic mass is 9.89. The van der Waals surface area contributed by atoms with Gasteiger partial charge in [-0.2, -0.15) is 0 Å². The normalized spacial score (nSPS) is 16.0. The molecule has 0 unspecified atom stereocenters. The average Bonchev–Trinajstić information content (AvgIpc) is 2.47. The van der Waals surface area contributed by atoms with Crippen molar-refractivity contribution in [2.45, 2.75) is 39.0 Å². The third-order valence-electron chi connectivity index (χ3n) is 4.08. The fourth-order valence-electron chi connectivity index (χ4n) is 2.91. The van der Waals surface area contributed by atoms with Crippen molar-refractivity contribution in [1.82, 2.24) is 0 Å². The molecule has 0 atom stereocenters. The SMILES string of the molecule is Cc1cc(=O)oc2cc(OC(=O)C3CCCCC3)ccc12. The van der Waals surface area contributed by atoms with Gasteiger partial charge in [0.15, 0.2) is 0 Å². The summed E-state index contributed by atoms with van der Waals surface area (Å²) in [4.78, 5) is 23.5. The molecular weight excluding hydrogens is 268 g/mol. The number of aryl methyl sites for hydroxylation is 1. The molecule has 1 heterocycles. The van der Waals surface area contributed by atoms with Crippen molar-refractivity contribution in [3.05, 3.63) is 40.2 Å². The third kappa shape index (κ3) is 2.99. The summed E-state index contributed by atoms with van der Waals surface area (Å²) < 4.78 is 10.6. The second-order valence-electron chi connectivity index (χ2n) is 5.66. The molecule has 4 heteroatoms. The zero-order chi connectivity index (χ0) is 14.8. The van der Waals surface area contributed by atoms with E-state index in [0.29, 0.717) is 11.3 Å². The van der Waals surface area contributed by atoms with Crippen molar-refractivity contribution >= 4 is 16.9 Å². The number of rotatable bonds is 2. The molecule has 21 heavy (non-hydrogen) atoms. The van der Waals surface area contributed by atoms with Gasteiger partial charge in [0.05, 0.1) is 5.92 Å². The summed E-state index contributed by atoms with van der Waals surface area (Å²) in [7, 11) is 0. The van der Waals surface area contributed by atoms with E-state index in [9.17, 15) is 9.59 Å². The monoisotopic (exact) mass is 286 g/mol. The molecular formula is C17H18O4. The Morgan fingerprint density at radius 2 is 1.95 bits per heavy atom. The highest BCUT2D eigenvalue weighted by Crippen LogP contribution is 2.27. The first-order valence-electron chi connectivity index (χ1n) is 7.40. The highest BCUT2D eigenvalue weighted by molar-refractivity contribution is 5.82. The van der Waals surface area contributed by atoms with Gasteiger partial charge < -0.3 is 9.15 Å². The molecule has 2 aromatic rings. The quantitative estimate of drug-likeness (QED) is 0.481. The highest BCUT2D eigenvalue weighted by atomic mass is 16.5. The molecule has 4 nitrogen and oxygen atoms in total. The van der Waals surface area contributed by atoms with Crippen LogP contribution in [0.2, 0.25) is 0 Å². The van der Waals surface area contributed by atoms with Crippen molar-refractivity contribution in [1.29, 1.82) is 0 Å². The molecule has 110 valence electrons. The van der Waals surface area contributed by atoms with E-state index in [4.69, 9.17) is 9.15 Å². The molecule has 0 amide bonds. The Morgan fingerprint density at radius 3 is 2.71 bits per heavy atom. The average molecular weight is 286 g/mol. The fourth-order valence-corrected chi connectivity index (χ4v) is 2.91. The van der Waals surface area contributed by atoms with Crippen molar-refractivity contribution in [2.75, 3.05) is 0 Å². The molecule has 1 fully saturated rings. The van der Waals surface area contributed by atoms with Crippen LogP contribution in [0.25, 0.3) is 11.0 Å². The Hall–Kier alpha value is -2.10. The van der Waals surface area contributed by atoms with Crippen molar-refractivity contribution < 1.29 is 13.9 Å². The van der Waals surface area contributed by atoms with E-state index in [0.717, 1.165) is 36.6 Å². The lowest BCUT2D eigenvalue weighted by Crippen LogP contribution is -2.22. The number of hydrogen-bond donors (Lipinski definition) is 0. The van der Waals surface area contributed by atoms with Gasteiger partial charge in [0, 0.05) is 17.5 Å². The summed E-state index contributed by atoms with van der Waals surface area (Å²) in [5, 5.41) is 0.854. The summed E-state index contributed by atoms with van der Waals surface area (Å²) >= 11 is 0. The van der Waals surface area contributed by atoms with Crippen LogP contribution in [0, 0.1) is 12.8 Å². The molecule has 1 aromatic carbocycles. The van der Waals surface area contributed by atoms with E-state index in [1.54, 1.807) is 12.1 Å². The Labute approximate surface area is 122 Å². The van der Waals surface area contributed by atoms with Crippen LogP contribution < -0.4 is 10.4 Å². The van der Waals surface area contributed by atoms with Crippen LogP contribution in [0.3, 0.4) is 0 Å². The van der Waals surface area contributed by atoms with E-state index < -0.39 is 5.63 Å². The van der Waals surface area contributed by atoms with Gasteiger partial charge in [-0.1, -0.05) is 19.3 Å². The molecule has 0 saturated heterocycles. The van der Waals surface area contributed by atoms with E-state index in [-0.39, 0.29) is 11.9 Å². The van der Waals surface area contributed by atoms with Crippen LogP contribution in [-0.4, -0.2) is 5.97 Å². The minimum Gasteiger partial charge on any atom is -0.426 e. The smallest absolute Gasteiger partial charge is 0.336 e. The summed E-state index contributed by atoms with van der Waals surface area (Å²) in [6.07, 6.45) is 5.18. The summed E-state index contributed by atoms with van der Waals surface area (Å²) in [5.74, 6) is 0.259. The predicted octanol–water partition coefficient (Wildman–Crippen LogP) is 3.59. The molecule has 0 N–H and O–H groups in total. The Kier molecular flexibility index (Phi) is 3.78. The maximum atomic E-state index is 12.1. The predicted molar refractivity (Wildman–Crippen MR) is 79.4 cm³/mol. The maximum absolute atomic E-state index is 12.1. The van der Waals surface area contributed by atoms with Crippen LogP contribution >= 0.6 is 0 Å². The van der Waals surface area contributed by atoms with Crippen LogP contribution in [-0.2, 0) is 4.79 Å². The third-order valence-corrected chi connectivity index (χ3v) is 4.08. The fraction of sp³-hybridized carbons (Fsp3) is 0.412. The largest absolute Gasteiger partial charge is 0.426 e. The first-order valence-corrected chi connectivity index (χ1v) is 7.40. The Balaban J connectivity index is 1.84. The first-order chi connectivity index (χ1) is 10.1. The van der Waals surface area contributed by atoms with Crippen LogP contribution in [0.4, 0.5) is 0 Å². The zero-order valence-electron chi connectivity index (χ0n) is 12.1. The lowest BCUT2D eigenvalue weighted by molar-refractivity contribution is -0.139. The number of fused-ring (bicyclic) bond motifs is 1. The highest BCUT2D eigenvalue weighted by Gasteiger charge is 2.23. The second kappa shape index (κ2) is 5.72. The van der Waals surface area contributed by atoms with Gasteiger partial charge >= 0.3 is 11.6 Å². The number of ether oxygens (including phenoxy) is 1. The molecule has 0 spiro atoms. The number of carbonyl (C=O) groups is 1. The molecule has 0 bridgehead atoms. The van der Waals surface area contributed by atoms with Crippen LogP contribution in [0.1, 0.15) is 37.7 Å². The van der Waals surface area contributed by atoms with Crippen LogP contribution in [0.5, 0.6) is 5.75 Å². The minimum atomic E-state index is -0.393. The van der Waals surface area contributed by atoms with E-state index in [2.05, 4.69) is 0 Å². The van der Waals surface area contributed by atoms with Crippen LogP contribution in [0.15, 0.2) is 33.5 Å². The summed E-state index contributed by atoms with van der Waals surface area (Å²) in [6.45, 7) is 1.85. The molecule has 1 aromatic heterocycles. The maximum Gasteiger partial charge on any atom is 0.336 e. The number of esters is 1. The molecule has 0 aliphatic heterocycles. The number of benzene rings is 1. The molecule has 0 radical (unpaired) electrons. The van der Waals surface area contributed by atoms with Crippen molar-refractivity contribution in [3.63, 3.8) is 0 Å². The molecule has 1 aliphatic rings. The number of hydrogen-bond acceptors (Lipinski definition) is 4. The van der Waals surface area contributed by atoms with E-state index in [1.807, 2.05) is 13.0 Å². The van der Waals surface area contributed by atoms with Crippen molar-refractivity contribution in [3.8, 4) is 5.75 Å². The van der Waals surface area contributed by atoms with Gasteiger partial charge in [-0.3, -0.25) is 4.79 Å². The molecule has 1 aliphatic carbocycles. The standard InChI is InChI=1S/C17H18O4/c1-11-9-16(18)21-15-10-13(7-8-14(11)15)20-17(19)12-5-3-2-4-6-12/h7-10,12H,2-6H2,1H3. The summed E-state index contributed by atoms with van der Waals surface area (Å²) in [6, 6.07) is 6.63. The van der Waals surface area contributed by atoms with E-state index in [1.165, 1.54) is 12.5 Å². The Morgan fingerprint density at radius 1 is 1.19 bits per heavy atom. The summed E-state index contributed by atoms with van der Waals surface area (Å²) in [5.41, 5.74) is 0.913. The van der Waals surface area contributed by atoms with Gasteiger partial charge in [-0.05, 0) is 37.5 Å². The van der Waals surface area contributed by atoms with Gasteiger partial charge in [0.2, 0.25) is 0 Å². The second-order valence-corrected chi connectivity index (χ2v) is 5.66. The van der Waals surface area contributed by atoms with Gasteiger partial charge in [-0.25, -0.2) is 4.79 Å².